The first kappa shape index (κ1) is 20.8. The summed E-state index contributed by atoms with van der Waals surface area (Å²) in [6.07, 6.45) is -0.179. The van der Waals surface area contributed by atoms with Gasteiger partial charge in [-0.3, -0.25) is 4.79 Å². The Balaban J connectivity index is 2.64. The van der Waals surface area contributed by atoms with Crippen molar-refractivity contribution >= 4 is 12.0 Å². The molecular weight excluding hydrogens is 322 g/mol. The highest BCUT2D eigenvalue weighted by Gasteiger charge is 2.25. The maximum absolute atomic E-state index is 12.3. The fraction of sp³-hybridized carbons (Fsp3) is 0.556. The monoisotopic (exact) mass is 351 g/mol. The molecule has 2 amide bonds. The number of benzene rings is 1. The molecule has 0 aliphatic carbocycles. The van der Waals surface area contributed by atoms with Crippen molar-refractivity contribution in [3.05, 3.63) is 29.8 Å². The Hall–Kier alpha value is -2.28. The zero-order valence-corrected chi connectivity index (χ0v) is 15.6. The molecule has 0 aliphatic rings. The van der Waals surface area contributed by atoms with Gasteiger partial charge in [-0.25, -0.2) is 4.79 Å². The lowest BCUT2D eigenvalue weighted by Crippen LogP contribution is -2.49. The average Bonchev–Trinajstić information content (AvgIpc) is 2.50. The van der Waals surface area contributed by atoms with Gasteiger partial charge in [-0.1, -0.05) is 26.0 Å². The molecule has 1 atom stereocenters. The van der Waals surface area contributed by atoms with Crippen LogP contribution in [0.3, 0.4) is 0 Å². The van der Waals surface area contributed by atoms with Crippen molar-refractivity contribution in [1.82, 2.24) is 10.8 Å². The van der Waals surface area contributed by atoms with Gasteiger partial charge >= 0.3 is 6.09 Å². The van der Waals surface area contributed by atoms with Crippen molar-refractivity contribution in [1.29, 1.82) is 0 Å². The van der Waals surface area contributed by atoms with Gasteiger partial charge in [0.2, 0.25) is 0 Å². The van der Waals surface area contributed by atoms with Crippen LogP contribution in [0.25, 0.3) is 0 Å². The van der Waals surface area contributed by atoms with E-state index in [-0.39, 0.29) is 5.92 Å². The van der Waals surface area contributed by atoms with Gasteiger partial charge in [0.15, 0.2) is 5.75 Å². The van der Waals surface area contributed by atoms with Crippen LogP contribution in [0.2, 0.25) is 0 Å². The molecule has 1 aromatic carbocycles. The standard InChI is InChI=1S/C18H29N3O4/c1-12(2)10-15(20-17(23)24-18(3,4)5)16(22)21-25-14-8-6-13(11-19)7-9-14/h6-9,12,15H,10-11,19H2,1-5H3,(H,20,23)(H,21,22). The normalized spacial score (nSPS) is 12.4. The number of alkyl carbamates (subject to hydrolysis) is 1. The summed E-state index contributed by atoms with van der Waals surface area (Å²) in [6, 6.07) is 6.29. The Labute approximate surface area is 149 Å². The van der Waals surface area contributed by atoms with Crippen LogP contribution < -0.4 is 21.4 Å². The summed E-state index contributed by atoms with van der Waals surface area (Å²) in [5, 5.41) is 2.59. The van der Waals surface area contributed by atoms with E-state index in [2.05, 4.69) is 10.8 Å². The Morgan fingerprint density at radius 2 is 1.76 bits per heavy atom. The molecule has 1 aromatic rings. The second kappa shape index (κ2) is 9.27. The van der Waals surface area contributed by atoms with Crippen LogP contribution in [0.1, 0.15) is 46.6 Å². The van der Waals surface area contributed by atoms with Crippen molar-refractivity contribution in [3.8, 4) is 5.75 Å². The largest absolute Gasteiger partial charge is 0.444 e. The molecule has 0 heterocycles. The molecule has 140 valence electrons. The Kier molecular flexibility index (Phi) is 7.70. The minimum absolute atomic E-state index is 0.203. The van der Waals surface area contributed by atoms with Crippen LogP contribution in [-0.2, 0) is 16.1 Å². The summed E-state index contributed by atoms with van der Waals surface area (Å²) >= 11 is 0. The SMILES string of the molecule is CC(C)CC(NC(=O)OC(C)(C)C)C(=O)NOc1ccc(CN)cc1. The van der Waals surface area contributed by atoms with Gasteiger partial charge in [0, 0.05) is 6.54 Å². The minimum atomic E-state index is -0.752. The van der Waals surface area contributed by atoms with Gasteiger partial charge in [0.05, 0.1) is 0 Å². The number of nitrogens with one attached hydrogen (secondary N) is 2. The maximum Gasteiger partial charge on any atom is 0.408 e. The molecule has 4 N–H and O–H groups in total. The molecule has 1 unspecified atom stereocenters. The van der Waals surface area contributed by atoms with Gasteiger partial charge in [-0.05, 0) is 50.8 Å². The van der Waals surface area contributed by atoms with Crippen molar-refractivity contribution in [3.63, 3.8) is 0 Å². The van der Waals surface area contributed by atoms with E-state index in [0.717, 1.165) is 5.56 Å². The van der Waals surface area contributed by atoms with Crippen LogP contribution in [-0.4, -0.2) is 23.6 Å². The van der Waals surface area contributed by atoms with E-state index in [9.17, 15) is 9.59 Å². The minimum Gasteiger partial charge on any atom is -0.444 e. The molecule has 1 rings (SSSR count). The Bertz CT molecular complexity index is 565. The van der Waals surface area contributed by atoms with Crippen LogP contribution in [0.5, 0.6) is 5.75 Å². The number of ether oxygens (including phenoxy) is 1. The number of amides is 2. The first-order valence-electron chi connectivity index (χ1n) is 8.36. The van der Waals surface area contributed by atoms with Gasteiger partial charge in [0.25, 0.3) is 5.91 Å². The highest BCUT2D eigenvalue weighted by molar-refractivity contribution is 5.85. The lowest BCUT2D eigenvalue weighted by molar-refractivity contribution is -0.130. The smallest absolute Gasteiger partial charge is 0.408 e. The van der Waals surface area contributed by atoms with E-state index < -0.39 is 23.6 Å². The molecule has 25 heavy (non-hydrogen) atoms. The number of carbonyl (C=O) groups excluding carboxylic acids is 2. The fourth-order valence-corrected chi connectivity index (χ4v) is 2.03. The third kappa shape index (κ3) is 8.39. The molecule has 0 saturated heterocycles. The summed E-state index contributed by atoms with van der Waals surface area (Å²) in [5.74, 6) is 0.239. The zero-order valence-electron chi connectivity index (χ0n) is 15.6. The molecule has 0 bridgehead atoms. The fourth-order valence-electron chi connectivity index (χ4n) is 2.03. The Morgan fingerprint density at radius 1 is 1.16 bits per heavy atom. The van der Waals surface area contributed by atoms with Crippen LogP contribution in [0, 0.1) is 5.92 Å². The molecular formula is C18H29N3O4. The summed E-state index contributed by atoms with van der Waals surface area (Å²) in [7, 11) is 0. The van der Waals surface area contributed by atoms with Gasteiger partial charge in [-0.15, -0.1) is 0 Å². The predicted molar refractivity (Wildman–Crippen MR) is 95.7 cm³/mol. The van der Waals surface area contributed by atoms with E-state index >= 15 is 0 Å². The molecule has 0 saturated carbocycles. The second-order valence-corrected chi connectivity index (χ2v) is 7.24. The van der Waals surface area contributed by atoms with Gasteiger partial charge in [-0.2, -0.15) is 5.48 Å². The summed E-state index contributed by atoms with van der Waals surface area (Å²) in [6.45, 7) is 9.64. The first-order chi connectivity index (χ1) is 11.6. The number of rotatable bonds is 7. The first-order valence-corrected chi connectivity index (χ1v) is 8.36. The maximum atomic E-state index is 12.3. The van der Waals surface area contributed by atoms with Gasteiger partial charge < -0.3 is 20.6 Å². The molecule has 0 aromatic heterocycles. The van der Waals surface area contributed by atoms with Crippen molar-refractivity contribution in [2.45, 2.75) is 59.2 Å². The van der Waals surface area contributed by atoms with E-state index in [4.69, 9.17) is 15.3 Å². The zero-order chi connectivity index (χ0) is 19.0. The van der Waals surface area contributed by atoms with Crippen molar-refractivity contribution in [2.75, 3.05) is 0 Å². The third-order valence-corrected chi connectivity index (χ3v) is 3.14. The number of hydrogen-bond donors (Lipinski definition) is 3. The molecule has 0 spiro atoms. The lowest BCUT2D eigenvalue weighted by atomic mass is 10.0. The van der Waals surface area contributed by atoms with E-state index in [0.29, 0.717) is 18.7 Å². The van der Waals surface area contributed by atoms with Crippen molar-refractivity contribution in [2.24, 2.45) is 11.7 Å². The summed E-state index contributed by atoms with van der Waals surface area (Å²) in [5.41, 5.74) is 8.23. The quantitative estimate of drug-likeness (QED) is 0.655. The molecule has 7 heteroatoms. The molecule has 0 fully saturated rings. The molecule has 0 aliphatic heterocycles. The van der Waals surface area contributed by atoms with Crippen LogP contribution in [0.15, 0.2) is 24.3 Å². The van der Waals surface area contributed by atoms with Crippen LogP contribution in [0.4, 0.5) is 4.79 Å². The van der Waals surface area contributed by atoms with E-state index in [1.165, 1.54) is 0 Å². The number of carbonyl (C=O) groups is 2. The predicted octanol–water partition coefficient (Wildman–Crippen LogP) is 2.49. The highest BCUT2D eigenvalue weighted by atomic mass is 16.7. The van der Waals surface area contributed by atoms with E-state index in [1.54, 1.807) is 32.9 Å². The van der Waals surface area contributed by atoms with E-state index in [1.807, 2.05) is 26.0 Å². The average molecular weight is 351 g/mol. The summed E-state index contributed by atoms with van der Waals surface area (Å²) in [4.78, 5) is 29.6. The summed E-state index contributed by atoms with van der Waals surface area (Å²) < 4.78 is 5.21. The molecule has 7 nitrogen and oxygen atoms in total. The van der Waals surface area contributed by atoms with Gasteiger partial charge in [0.1, 0.15) is 11.6 Å². The highest BCUT2D eigenvalue weighted by Crippen LogP contribution is 2.12. The Morgan fingerprint density at radius 3 is 2.24 bits per heavy atom. The number of nitrogens with two attached hydrogens (primary N) is 1. The topological polar surface area (TPSA) is 103 Å². The number of hydroxylamine groups is 1. The third-order valence-electron chi connectivity index (χ3n) is 3.14. The lowest BCUT2D eigenvalue weighted by Gasteiger charge is -2.24. The second-order valence-electron chi connectivity index (χ2n) is 7.24. The van der Waals surface area contributed by atoms with Crippen molar-refractivity contribution < 1.29 is 19.2 Å². The van der Waals surface area contributed by atoms with Crippen LogP contribution >= 0.6 is 0 Å². The molecule has 0 radical (unpaired) electrons. The number of hydrogen-bond acceptors (Lipinski definition) is 5.